The standard InChI is InChI=1S/C18H34N2O/c21-15-18-10-5-13-20(18)14-17-9-4-12-19(17)11-3-8-16-6-1-2-7-16/h16-18,21H,1-15H2. The lowest BCUT2D eigenvalue weighted by molar-refractivity contribution is 0.121. The summed E-state index contributed by atoms with van der Waals surface area (Å²) in [7, 11) is 0. The molecule has 0 radical (unpaired) electrons. The van der Waals surface area contributed by atoms with Gasteiger partial charge in [-0.3, -0.25) is 9.80 Å². The fraction of sp³-hybridized carbons (Fsp3) is 1.00. The van der Waals surface area contributed by atoms with Gasteiger partial charge in [0.05, 0.1) is 6.61 Å². The van der Waals surface area contributed by atoms with Crippen LogP contribution in [-0.4, -0.2) is 59.8 Å². The summed E-state index contributed by atoms with van der Waals surface area (Å²) >= 11 is 0. The smallest absolute Gasteiger partial charge is 0.0586 e. The van der Waals surface area contributed by atoms with Crippen LogP contribution in [0.1, 0.15) is 64.2 Å². The number of hydrogen-bond donors (Lipinski definition) is 1. The summed E-state index contributed by atoms with van der Waals surface area (Å²) in [5.41, 5.74) is 0. The molecule has 0 bridgehead atoms. The SMILES string of the molecule is OCC1CCCN1CC1CCCN1CCCC1CCCC1. The van der Waals surface area contributed by atoms with Crippen molar-refractivity contribution in [2.24, 2.45) is 5.92 Å². The number of nitrogens with zero attached hydrogens (tertiary/aromatic N) is 2. The van der Waals surface area contributed by atoms with Gasteiger partial charge in [0.2, 0.25) is 0 Å². The topological polar surface area (TPSA) is 26.7 Å². The van der Waals surface area contributed by atoms with Gasteiger partial charge >= 0.3 is 0 Å². The number of aliphatic hydroxyl groups is 1. The molecule has 2 atom stereocenters. The lowest BCUT2D eigenvalue weighted by Gasteiger charge is -2.31. The second-order valence-electron chi connectivity index (χ2n) is 7.60. The molecule has 3 heteroatoms. The van der Waals surface area contributed by atoms with Gasteiger partial charge in [-0.2, -0.15) is 0 Å². The largest absolute Gasteiger partial charge is 0.395 e. The molecule has 2 saturated heterocycles. The average molecular weight is 294 g/mol. The minimum absolute atomic E-state index is 0.356. The summed E-state index contributed by atoms with van der Waals surface area (Å²) < 4.78 is 0. The highest BCUT2D eigenvalue weighted by Crippen LogP contribution is 2.29. The van der Waals surface area contributed by atoms with E-state index in [4.69, 9.17) is 0 Å². The third kappa shape index (κ3) is 4.20. The fourth-order valence-electron chi connectivity index (χ4n) is 4.89. The van der Waals surface area contributed by atoms with Crippen LogP contribution in [0.15, 0.2) is 0 Å². The van der Waals surface area contributed by atoms with Crippen molar-refractivity contribution < 1.29 is 5.11 Å². The Balaban J connectivity index is 1.39. The van der Waals surface area contributed by atoms with Crippen molar-refractivity contribution in [3.05, 3.63) is 0 Å². The summed E-state index contributed by atoms with van der Waals surface area (Å²) in [6, 6.07) is 1.21. The predicted octanol–water partition coefficient (Wildman–Crippen LogP) is 2.88. The van der Waals surface area contributed by atoms with Gasteiger partial charge in [-0.05, 0) is 64.1 Å². The molecule has 2 heterocycles. The molecular formula is C18H34N2O. The number of hydrogen-bond acceptors (Lipinski definition) is 3. The van der Waals surface area contributed by atoms with E-state index in [1.165, 1.54) is 90.4 Å². The van der Waals surface area contributed by atoms with E-state index in [1.807, 2.05) is 0 Å². The predicted molar refractivity (Wildman–Crippen MR) is 87.5 cm³/mol. The summed E-state index contributed by atoms with van der Waals surface area (Å²) in [4.78, 5) is 5.31. The molecule has 0 spiro atoms. The van der Waals surface area contributed by atoms with E-state index in [2.05, 4.69) is 9.80 Å². The Bertz CT molecular complexity index is 304. The zero-order chi connectivity index (χ0) is 14.5. The molecule has 0 amide bonds. The van der Waals surface area contributed by atoms with Crippen LogP contribution in [0.3, 0.4) is 0 Å². The first kappa shape index (κ1) is 15.8. The van der Waals surface area contributed by atoms with Gasteiger partial charge in [0.25, 0.3) is 0 Å². The maximum atomic E-state index is 9.48. The molecule has 3 fully saturated rings. The fourth-order valence-corrected chi connectivity index (χ4v) is 4.89. The molecule has 1 aliphatic carbocycles. The van der Waals surface area contributed by atoms with Gasteiger partial charge in [0.1, 0.15) is 0 Å². The van der Waals surface area contributed by atoms with Crippen LogP contribution in [0.4, 0.5) is 0 Å². The molecule has 3 rings (SSSR count). The van der Waals surface area contributed by atoms with Crippen molar-refractivity contribution in [2.75, 3.05) is 32.8 Å². The molecule has 0 aromatic heterocycles. The second-order valence-corrected chi connectivity index (χ2v) is 7.60. The van der Waals surface area contributed by atoms with Crippen molar-refractivity contribution in [1.82, 2.24) is 9.80 Å². The molecule has 0 aromatic rings. The molecule has 1 saturated carbocycles. The highest BCUT2D eigenvalue weighted by Gasteiger charge is 2.31. The van der Waals surface area contributed by atoms with Gasteiger partial charge in [-0.25, -0.2) is 0 Å². The normalized spacial score (nSPS) is 32.4. The summed E-state index contributed by atoms with van der Waals surface area (Å²) in [5.74, 6) is 1.04. The Labute approximate surface area is 130 Å². The van der Waals surface area contributed by atoms with Crippen molar-refractivity contribution in [3.63, 3.8) is 0 Å². The van der Waals surface area contributed by atoms with Crippen LogP contribution in [0.2, 0.25) is 0 Å². The highest BCUT2D eigenvalue weighted by atomic mass is 16.3. The quantitative estimate of drug-likeness (QED) is 0.782. The maximum Gasteiger partial charge on any atom is 0.0586 e. The van der Waals surface area contributed by atoms with Crippen molar-refractivity contribution in [2.45, 2.75) is 76.3 Å². The second kappa shape index (κ2) is 7.94. The zero-order valence-electron chi connectivity index (χ0n) is 13.7. The molecular weight excluding hydrogens is 260 g/mol. The van der Waals surface area contributed by atoms with E-state index in [9.17, 15) is 5.11 Å². The first-order valence-electron chi connectivity index (χ1n) is 9.46. The summed E-state index contributed by atoms with van der Waals surface area (Å²) in [6.45, 7) is 5.40. The Morgan fingerprint density at radius 2 is 1.52 bits per heavy atom. The Morgan fingerprint density at radius 1 is 0.810 bits per heavy atom. The molecule has 0 aromatic carbocycles. The van der Waals surface area contributed by atoms with Crippen molar-refractivity contribution in [3.8, 4) is 0 Å². The minimum Gasteiger partial charge on any atom is -0.395 e. The van der Waals surface area contributed by atoms with Crippen LogP contribution in [0, 0.1) is 5.92 Å². The van der Waals surface area contributed by atoms with Crippen molar-refractivity contribution in [1.29, 1.82) is 0 Å². The monoisotopic (exact) mass is 294 g/mol. The van der Waals surface area contributed by atoms with E-state index >= 15 is 0 Å². The molecule has 2 unspecified atom stereocenters. The number of likely N-dealkylation sites (tertiary alicyclic amines) is 2. The lowest BCUT2D eigenvalue weighted by Crippen LogP contribution is -2.43. The number of aliphatic hydroxyl groups excluding tert-OH is 1. The van der Waals surface area contributed by atoms with Gasteiger partial charge in [0, 0.05) is 18.6 Å². The Morgan fingerprint density at radius 3 is 2.29 bits per heavy atom. The average Bonchev–Trinajstić information content (AvgIpc) is 3.22. The first-order chi connectivity index (χ1) is 10.4. The van der Waals surface area contributed by atoms with E-state index in [0.29, 0.717) is 12.6 Å². The molecule has 3 nitrogen and oxygen atoms in total. The van der Waals surface area contributed by atoms with Crippen LogP contribution < -0.4 is 0 Å². The van der Waals surface area contributed by atoms with Gasteiger partial charge in [-0.15, -0.1) is 0 Å². The molecule has 2 aliphatic heterocycles. The van der Waals surface area contributed by atoms with Gasteiger partial charge < -0.3 is 5.11 Å². The zero-order valence-corrected chi connectivity index (χ0v) is 13.7. The van der Waals surface area contributed by atoms with Crippen LogP contribution in [0.5, 0.6) is 0 Å². The van der Waals surface area contributed by atoms with Crippen LogP contribution in [-0.2, 0) is 0 Å². The molecule has 21 heavy (non-hydrogen) atoms. The van der Waals surface area contributed by atoms with Crippen LogP contribution in [0.25, 0.3) is 0 Å². The highest BCUT2D eigenvalue weighted by molar-refractivity contribution is 4.87. The van der Waals surface area contributed by atoms with E-state index < -0.39 is 0 Å². The number of rotatable bonds is 7. The Hall–Kier alpha value is -0.120. The first-order valence-corrected chi connectivity index (χ1v) is 9.46. The third-order valence-electron chi connectivity index (χ3n) is 6.19. The molecule has 122 valence electrons. The lowest BCUT2D eigenvalue weighted by atomic mass is 10.0. The third-order valence-corrected chi connectivity index (χ3v) is 6.19. The van der Waals surface area contributed by atoms with Crippen LogP contribution >= 0.6 is 0 Å². The minimum atomic E-state index is 0.356. The summed E-state index contributed by atoms with van der Waals surface area (Å²) in [5, 5.41) is 9.48. The van der Waals surface area contributed by atoms with E-state index in [1.54, 1.807) is 0 Å². The van der Waals surface area contributed by atoms with E-state index in [0.717, 1.165) is 12.0 Å². The van der Waals surface area contributed by atoms with Gasteiger partial charge in [0.15, 0.2) is 0 Å². The molecule has 3 aliphatic rings. The van der Waals surface area contributed by atoms with E-state index in [-0.39, 0.29) is 0 Å². The van der Waals surface area contributed by atoms with Gasteiger partial charge in [-0.1, -0.05) is 25.7 Å². The summed E-state index contributed by atoms with van der Waals surface area (Å²) in [6.07, 6.45) is 14.1. The Kier molecular flexibility index (Phi) is 5.96. The van der Waals surface area contributed by atoms with Crippen molar-refractivity contribution >= 4 is 0 Å². The molecule has 1 N–H and O–H groups in total. The maximum absolute atomic E-state index is 9.48.